The number of benzene rings is 2. The number of hydrogen-bond donors (Lipinski definition) is 0. The summed E-state index contributed by atoms with van der Waals surface area (Å²) in [6.45, 7) is 0. The van der Waals surface area contributed by atoms with Gasteiger partial charge in [-0.15, -0.1) is 0 Å². The van der Waals surface area contributed by atoms with Crippen LogP contribution in [0.1, 0.15) is 6.42 Å². The zero-order valence-corrected chi connectivity index (χ0v) is 13.9. The molecule has 2 aromatic carbocycles. The third-order valence-electron chi connectivity index (χ3n) is 3.17. The number of ether oxygens (including phenoxy) is 1. The molecule has 0 N–H and O–H groups in total. The summed E-state index contributed by atoms with van der Waals surface area (Å²) >= 11 is 0. The largest absolute Gasteiger partial charge is 0.497 e. The van der Waals surface area contributed by atoms with Gasteiger partial charge in [-0.1, -0.05) is 18.2 Å². The average Bonchev–Trinajstić information content (AvgIpc) is 2.62. The first-order chi connectivity index (χ1) is 11.6. The van der Waals surface area contributed by atoms with Gasteiger partial charge in [0, 0.05) is 6.21 Å². The second kappa shape index (κ2) is 8.09. The number of nitriles is 1. The molecule has 0 radical (unpaired) electrons. The molecule has 0 fully saturated rings. The molecular formula is C18H16N2O3S. The molecule has 0 heterocycles. The number of methoxy groups -OCH3 is 1. The van der Waals surface area contributed by atoms with Crippen molar-refractivity contribution in [2.45, 2.75) is 11.3 Å². The molecule has 0 amide bonds. The first-order valence-electron chi connectivity index (χ1n) is 7.13. The van der Waals surface area contributed by atoms with Crippen molar-refractivity contribution in [1.29, 1.82) is 5.26 Å². The monoisotopic (exact) mass is 340 g/mol. The molecule has 2 rings (SSSR count). The lowest BCUT2D eigenvalue weighted by Gasteiger charge is -2.05. The Bertz CT molecular complexity index is 878. The van der Waals surface area contributed by atoms with E-state index < -0.39 is 9.84 Å². The highest BCUT2D eigenvalue weighted by Gasteiger charge is 2.18. The minimum atomic E-state index is -3.72. The Morgan fingerprint density at radius 2 is 1.83 bits per heavy atom. The lowest BCUT2D eigenvalue weighted by atomic mass is 10.3. The van der Waals surface area contributed by atoms with Crippen LogP contribution in [0.5, 0.6) is 5.75 Å². The van der Waals surface area contributed by atoms with Crippen LogP contribution in [-0.2, 0) is 9.84 Å². The van der Waals surface area contributed by atoms with E-state index in [9.17, 15) is 8.42 Å². The molecule has 0 aromatic heterocycles. The van der Waals surface area contributed by atoms with Gasteiger partial charge in [-0.3, -0.25) is 4.99 Å². The maximum Gasteiger partial charge on any atom is 0.207 e. The fourth-order valence-corrected chi connectivity index (χ4v) is 3.20. The van der Waals surface area contributed by atoms with Crippen LogP contribution >= 0.6 is 0 Å². The fourth-order valence-electron chi connectivity index (χ4n) is 1.92. The van der Waals surface area contributed by atoms with Gasteiger partial charge >= 0.3 is 0 Å². The van der Waals surface area contributed by atoms with Crippen LogP contribution < -0.4 is 4.74 Å². The molecule has 0 atom stereocenters. The number of nitrogens with zero attached hydrogens (tertiary/aromatic N) is 2. The molecule has 0 saturated heterocycles. The summed E-state index contributed by atoms with van der Waals surface area (Å²) in [6.07, 6.45) is 2.60. The summed E-state index contributed by atoms with van der Waals surface area (Å²) in [5, 5.41) is 8.75. The zero-order chi connectivity index (χ0) is 17.4. The van der Waals surface area contributed by atoms with Crippen molar-refractivity contribution in [1.82, 2.24) is 0 Å². The van der Waals surface area contributed by atoms with Crippen molar-refractivity contribution in [2.24, 2.45) is 4.99 Å². The van der Waals surface area contributed by atoms with E-state index in [2.05, 4.69) is 4.99 Å². The highest BCUT2D eigenvalue weighted by molar-refractivity contribution is 7.96. The van der Waals surface area contributed by atoms with Crippen molar-refractivity contribution in [3.05, 3.63) is 65.6 Å². The van der Waals surface area contributed by atoms with Gasteiger partial charge in [0.05, 0.1) is 35.1 Å². The van der Waals surface area contributed by atoms with Crippen LogP contribution in [0.15, 0.2) is 75.5 Å². The highest BCUT2D eigenvalue weighted by Crippen LogP contribution is 2.21. The fraction of sp³-hybridized carbons (Fsp3) is 0.111. The Hall–Kier alpha value is -2.91. The summed E-state index contributed by atoms with van der Waals surface area (Å²) < 4.78 is 30.4. The second-order valence-corrected chi connectivity index (χ2v) is 6.69. The minimum absolute atomic E-state index is 0.00827. The molecular weight excluding hydrogens is 324 g/mol. The summed E-state index contributed by atoms with van der Waals surface area (Å²) in [7, 11) is -2.16. The first-order valence-corrected chi connectivity index (χ1v) is 8.61. The predicted molar refractivity (Wildman–Crippen MR) is 93.1 cm³/mol. The highest BCUT2D eigenvalue weighted by atomic mass is 32.2. The smallest absolute Gasteiger partial charge is 0.207 e. The van der Waals surface area contributed by atoms with Gasteiger partial charge in [-0.25, -0.2) is 8.42 Å². The molecule has 0 aliphatic carbocycles. The molecule has 2 aromatic rings. The predicted octanol–water partition coefficient (Wildman–Crippen LogP) is 3.67. The summed E-state index contributed by atoms with van der Waals surface area (Å²) in [6, 6.07) is 16.9. The Morgan fingerprint density at radius 3 is 2.42 bits per heavy atom. The van der Waals surface area contributed by atoms with E-state index in [0.29, 0.717) is 11.4 Å². The Balaban J connectivity index is 2.35. The van der Waals surface area contributed by atoms with Gasteiger partial charge in [0.15, 0.2) is 0 Å². The molecule has 0 spiro atoms. The van der Waals surface area contributed by atoms with Crippen molar-refractivity contribution in [2.75, 3.05) is 7.11 Å². The Labute approximate surface area is 141 Å². The molecule has 24 heavy (non-hydrogen) atoms. The van der Waals surface area contributed by atoms with Gasteiger partial charge < -0.3 is 4.74 Å². The van der Waals surface area contributed by atoms with Crippen LogP contribution in [0.4, 0.5) is 5.69 Å². The van der Waals surface area contributed by atoms with E-state index in [1.54, 1.807) is 49.6 Å². The van der Waals surface area contributed by atoms with E-state index in [4.69, 9.17) is 10.00 Å². The number of rotatable bonds is 6. The van der Waals surface area contributed by atoms with Gasteiger partial charge in [0.1, 0.15) is 5.75 Å². The van der Waals surface area contributed by atoms with Gasteiger partial charge in [-0.2, -0.15) is 5.26 Å². The zero-order valence-electron chi connectivity index (χ0n) is 13.1. The molecule has 6 heteroatoms. The quantitative estimate of drug-likeness (QED) is 0.752. The van der Waals surface area contributed by atoms with E-state index in [1.807, 2.05) is 6.07 Å². The Morgan fingerprint density at radius 1 is 1.17 bits per heavy atom. The summed E-state index contributed by atoms with van der Waals surface area (Å²) in [4.78, 5) is 4.34. The van der Waals surface area contributed by atoms with E-state index >= 15 is 0 Å². The molecule has 0 saturated carbocycles. The lowest BCUT2D eigenvalue weighted by molar-refractivity contribution is 0.415. The minimum Gasteiger partial charge on any atom is -0.497 e. The molecule has 0 unspecified atom stereocenters. The number of aliphatic imine (C=N–C) groups is 1. The topological polar surface area (TPSA) is 79.5 Å². The standard InChI is InChI=1S/C18H16N2O3S/c1-23-16-11-9-15(10-12-16)20-14-18(8-5-13-19)24(21,22)17-6-3-2-4-7-17/h2-4,6-12,14H,5H2,1H3/b18-8-,20-14?. The van der Waals surface area contributed by atoms with Crippen LogP contribution in [0, 0.1) is 11.3 Å². The molecule has 0 aliphatic heterocycles. The number of hydrogen-bond acceptors (Lipinski definition) is 5. The van der Waals surface area contributed by atoms with Crippen LogP contribution in [-0.4, -0.2) is 21.7 Å². The molecule has 0 bridgehead atoms. The molecule has 0 aliphatic rings. The van der Waals surface area contributed by atoms with E-state index in [1.165, 1.54) is 24.4 Å². The van der Waals surface area contributed by atoms with Crippen molar-refractivity contribution >= 4 is 21.7 Å². The first kappa shape index (κ1) is 17.4. The Kier molecular flexibility index (Phi) is 5.88. The van der Waals surface area contributed by atoms with E-state index in [-0.39, 0.29) is 16.2 Å². The SMILES string of the molecule is COc1ccc(N=C/C(=C/CC#N)S(=O)(=O)c2ccccc2)cc1. The third-order valence-corrected chi connectivity index (χ3v) is 4.96. The lowest BCUT2D eigenvalue weighted by Crippen LogP contribution is -2.06. The van der Waals surface area contributed by atoms with Crippen LogP contribution in [0.25, 0.3) is 0 Å². The molecule has 122 valence electrons. The van der Waals surface area contributed by atoms with Gasteiger partial charge in [-0.05, 0) is 42.5 Å². The average molecular weight is 340 g/mol. The summed E-state index contributed by atoms with van der Waals surface area (Å²) in [5.41, 5.74) is 0.585. The van der Waals surface area contributed by atoms with Crippen molar-refractivity contribution < 1.29 is 13.2 Å². The van der Waals surface area contributed by atoms with Crippen LogP contribution in [0.2, 0.25) is 0 Å². The normalized spacial score (nSPS) is 12.1. The number of allylic oxidation sites excluding steroid dienone is 2. The van der Waals surface area contributed by atoms with Gasteiger partial charge in [0.25, 0.3) is 0 Å². The van der Waals surface area contributed by atoms with Crippen molar-refractivity contribution in [3.63, 3.8) is 0 Å². The second-order valence-electron chi connectivity index (χ2n) is 4.74. The van der Waals surface area contributed by atoms with Gasteiger partial charge in [0.2, 0.25) is 9.84 Å². The van der Waals surface area contributed by atoms with Crippen molar-refractivity contribution in [3.8, 4) is 11.8 Å². The maximum absolute atomic E-state index is 12.7. The third kappa shape index (κ3) is 4.31. The van der Waals surface area contributed by atoms with E-state index in [0.717, 1.165) is 0 Å². The van der Waals surface area contributed by atoms with Crippen LogP contribution in [0.3, 0.4) is 0 Å². The number of sulfone groups is 1. The molecule has 5 nitrogen and oxygen atoms in total. The maximum atomic E-state index is 12.7. The summed E-state index contributed by atoms with van der Waals surface area (Å²) in [5.74, 6) is 0.686.